The van der Waals surface area contributed by atoms with Crippen molar-refractivity contribution >= 4 is 41.4 Å². The van der Waals surface area contributed by atoms with Crippen LogP contribution >= 0.6 is 0 Å². The molecule has 3 fully saturated rings. The van der Waals surface area contributed by atoms with Crippen molar-refractivity contribution in [3.8, 4) is 0 Å². The Morgan fingerprint density at radius 3 is 0.876 bits per heavy atom. The number of nitrogens with one attached hydrogen (secondary N) is 7. The van der Waals surface area contributed by atoms with E-state index in [2.05, 4.69) is 37.2 Å². The lowest BCUT2D eigenvalue weighted by Crippen LogP contribution is -2.64. The molecule has 3 rings (SSSR count). The van der Waals surface area contributed by atoms with Crippen molar-refractivity contribution in [3.05, 3.63) is 0 Å². The third kappa shape index (κ3) is 35.0. The second-order valence-corrected chi connectivity index (χ2v) is 22.6. The van der Waals surface area contributed by atoms with Crippen molar-refractivity contribution in [2.75, 3.05) is 178 Å². The Kier molecular flexibility index (Phi) is 45.2. The quantitative estimate of drug-likeness (QED) is 0.0252. The summed E-state index contributed by atoms with van der Waals surface area (Å²) in [5.41, 5.74) is -1.35. The lowest BCUT2D eigenvalue weighted by Gasteiger charge is -2.42. The zero-order chi connectivity index (χ0) is 71.4. The molecule has 0 aromatic rings. The van der Waals surface area contributed by atoms with Crippen LogP contribution < -0.4 is 37.2 Å². The van der Waals surface area contributed by atoms with Gasteiger partial charge >= 0.3 is 0 Å². The topological polar surface area (TPSA) is 524 Å². The van der Waals surface area contributed by atoms with Crippen LogP contribution in [0.15, 0.2) is 0 Å². The molecule has 15 unspecified atom stereocenters. The van der Waals surface area contributed by atoms with Gasteiger partial charge in [0.15, 0.2) is 18.9 Å². The Morgan fingerprint density at radius 1 is 0.351 bits per heavy atom. The number of ether oxygens (including phenoxy) is 15. The summed E-state index contributed by atoms with van der Waals surface area (Å²) in [7, 11) is 0. The SMILES string of the molecule is CCCC(=O)NC(COCCC(=O)NCCOCCOCCOC1OC(CO)C(O)C(O)C1NC(C)=O)(COCCC(=O)NCCOCCOCCOC1OC(CO)C(O)C(O)C1NC(C)=O)COCCC(=O)NCCOCCOCCOC1OC(CO)C(O)C(O)C1NC(C)=O. The minimum atomic E-state index is -1.45. The Hall–Kier alpha value is -4.67. The minimum absolute atomic E-state index is 0.0223. The van der Waals surface area contributed by atoms with E-state index in [0.29, 0.717) is 6.42 Å². The molecule has 0 aliphatic carbocycles. The number of hydrogen-bond acceptors (Lipinski definition) is 31. The molecule has 0 aromatic heterocycles. The van der Waals surface area contributed by atoms with Crippen LogP contribution in [0.25, 0.3) is 0 Å². The fraction of sp³-hybridized carbons (Fsp3) is 0.881. The molecule has 0 radical (unpaired) electrons. The van der Waals surface area contributed by atoms with E-state index in [4.69, 9.17) is 71.1 Å². The molecule has 3 aliphatic heterocycles. The first-order valence-electron chi connectivity index (χ1n) is 32.4. The zero-order valence-corrected chi connectivity index (χ0v) is 55.8. The number of hydrogen-bond donors (Lipinski definition) is 16. The van der Waals surface area contributed by atoms with Gasteiger partial charge < -0.3 is 154 Å². The van der Waals surface area contributed by atoms with Crippen LogP contribution in [0.1, 0.15) is 59.8 Å². The van der Waals surface area contributed by atoms with E-state index in [1.165, 1.54) is 20.8 Å². The van der Waals surface area contributed by atoms with Crippen molar-refractivity contribution in [3.63, 3.8) is 0 Å². The minimum Gasteiger partial charge on any atom is -0.394 e. The van der Waals surface area contributed by atoms with Gasteiger partial charge in [0.1, 0.15) is 78.6 Å². The van der Waals surface area contributed by atoms with Crippen LogP contribution in [0.3, 0.4) is 0 Å². The monoisotopic (exact) mass is 1410 g/mol. The Labute approximate surface area is 563 Å². The summed E-state index contributed by atoms with van der Waals surface area (Å²) >= 11 is 0. The maximum absolute atomic E-state index is 13.2. The first-order valence-corrected chi connectivity index (χ1v) is 32.4. The van der Waals surface area contributed by atoms with E-state index in [0.717, 1.165) is 0 Å². The average molecular weight is 1410 g/mol. The van der Waals surface area contributed by atoms with Gasteiger partial charge in [-0.2, -0.15) is 0 Å². The molecule has 3 heterocycles. The first kappa shape index (κ1) is 86.6. The van der Waals surface area contributed by atoms with Crippen LogP contribution in [-0.4, -0.2) is 363 Å². The van der Waals surface area contributed by atoms with E-state index in [9.17, 15) is 79.5 Å². The van der Waals surface area contributed by atoms with E-state index in [-0.39, 0.29) is 208 Å². The molecule has 564 valence electrons. The van der Waals surface area contributed by atoms with E-state index >= 15 is 0 Å². The van der Waals surface area contributed by atoms with Crippen molar-refractivity contribution in [2.45, 2.75) is 157 Å². The van der Waals surface area contributed by atoms with Gasteiger partial charge in [-0.1, -0.05) is 6.92 Å². The molecular formula is C59H107N7O31. The molecule has 0 spiro atoms. The summed E-state index contributed by atoms with van der Waals surface area (Å²) in [6.07, 6.45) is -15.2. The first-order chi connectivity index (χ1) is 46.6. The fourth-order valence-corrected chi connectivity index (χ4v) is 9.64. The third-order valence-electron chi connectivity index (χ3n) is 14.5. The summed E-state index contributed by atoms with van der Waals surface area (Å²) in [6.45, 7) is 4.83. The van der Waals surface area contributed by atoms with Crippen LogP contribution in [-0.2, 0) is 105 Å². The van der Waals surface area contributed by atoms with Crippen molar-refractivity contribution in [2.24, 2.45) is 0 Å². The molecule has 0 saturated carbocycles. The summed E-state index contributed by atoms with van der Waals surface area (Å²) < 4.78 is 84.4. The highest BCUT2D eigenvalue weighted by atomic mass is 16.7. The number of carbonyl (C=O) groups excluding carboxylic acids is 7. The highest BCUT2D eigenvalue weighted by Crippen LogP contribution is 2.25. The van der Waals surface area contributed by atoms with Gasteiger partial charge in [0, 0.05) is 66.1 Å². The fourth-order valence-electron chi connectivity index (χ4n) is 9.64. The van der Waals surface area contributed by atoms with Crippen LogP contribution in [0.5, 0.6) is 0 Å². The zero-order valence-electron chi connectivity index (χ0n) is 55.8. The van der Waals surface area contributed by atoms with Gasteiger partial charge in [0.2, 0.25) is 41.4 Å². The maximum Gasteiger partial charge on any atom is 0.222 e. The van der Waals surface area contributed by atoms with E-state index in [1.807, 2.05) is 6.92 Å². The predicted octanol–water partition coefficient (Wildman–Crippen LogP) is -8.81. The summed E-state index contributed by atoms with van der Waals surface area (Å²) in [5, 5.41) is 109. The molecule has 0 bridgehead atoms. The van der Waals surface area contributed by atoms with Gasteiger partial charge in [-0.25, -0.2) is 0 Å². The molecule has 38 nitrogen and oxygen atoms in total. The Morgan fingerprint density at radius 2 is 0.619 bits per heavy atom. The van der Waals surface area contributed by atoms with E-state index in [1.54, 1.807) is 0 Å². The van der Waals surface area contributed by atoms with Crippen LogP contribution in [0, 0.1) is 0 Å². The molecule has 3 aliphatic rings. The molecule has 38 heteroatoms. The van der Waals surface area contributed by atoms with Crippen molar-refractivity contribution in [1.82, 2.24) is 37.2 Å². The number of amides is 7. The number of aliphatic hydroxyl groups is 9. The highest BCUT2D eigenvalue weighted by molar-refractivity contribution is 5.78. The van der Waals surface area contributed by atoms with Gasteiger partial charge in [-0.3, -0.25) is 33.6 Å². The maximum atomic E-state index is 13.2. The predicted molar refractivity (Wildman–Crippen MR) is 330 cm³/mol. The third-order valence-corrected chi connectivity index (χ3v) is 14.5. The number of aliphatic hydroxyl groups excluding tert-OH is 9. The van der Waals surface area contributed by atoms with Gasteiger partial charge in [-0.05, 0) is 6.42 Å². The molecule has 0 aromatic carbocycles. The lowest BCUT2D eigenvalue weighted by molar-refractivity contribution is -0.272. The Balaban J connectivity index is 1.41. The van der Waals surface area contributed by atoms with Crippen LogP contribution in [0.4, 0.5) is 0 Å². The Bertz CT molecular complexity index is 1990. The summed E-state index contributed by atoms with van der Waals surface area (Å²) in [6, 6.07) is -3.27. The van der Waals surface area contributed by atoms with Gasteiger partial charge in [0.25, 0.3) is 0 Å². The number of rotatable bonds is 54. The second-order valence-electron chi connectivity index (χ2n) is 22.6. The average Bonchev–Trinajstić information content (AvgIpc) is 0.827. The highest BCUT2D eigenvalue weighted by Gasteiger charge is 2.48. The van der Waals surface area contributed by atoms with Crippen molar-refractivity contribution in [1.29, 1.82) is 0 Å². The normalized spacial score (nSPS) is 26.3. The van der Waals surface area contributed by atoms with E-state index < -0.39 is 135 Å². The molecule has 15 atom stereocenters. The molecule has 3 saturated heterocycles. The van der Waals surface area contributed by atoms with Crippen LogP contribution in [0.2, 0.25) is 0 Å². The van der Waals surface area contributed by atoms with Gasteiger partial charge in [-0.15, -0.1) is 0 Å². The second kappa shape index (κ2) is 50.6. The smallest absolute Gasteiger partial charge is 0.222 e. The summed E-state index contributed by atoms with van der Waals surface area (Å²) in [5.74, 6) is -2.92. The molecule has 16 N–H and O–H groups in total. The molecule has 97 heavy (non-hydrogen) atoms. The van der Waals surface area contributed by atoms with Crippen molar-refractivity contribution < 1.29 is 151 Å². The lowest BCUT2D eigenvalue weighted by atomic mass is 9.97. The number of carbonyl (C=O) groups is 7. The molecular weight excluding hydrogens is 1300 g/mol. The standard InChI is InChI=1S/C59H107N7O31/c1-5-6-46(76)66-59(34-89-13-7-43(73)60-10-16-83-19-22-86-25-28-92-56-47(63-37(2)70)53(80)50(77)40(31-67)95-56,35-90-14-8-44(74)61-11-17-84-20-23-87-26-29-93-57-48(64-38(3)71)54(81)51(78)41(32-68)96-57)36-91-15-9-45(75)62-12-18-85-21-24-88-27-30-94-58-49(65-39(4)72)55(82)52(79)42(33-69)97-58/h40-42,47-58,67-69,77-82H,5-36H2,1-4H3,(H,60,73)(H,61,74)(H,62,75)(H,63,70)(H,64,71)(H,65,72)(H,66,76). The van der Waals surface area contributed by atoms with Gasteiger partial charge in [0.05, 0.1) is 159 Å². The molecule has 7 amide bonds. The largest absolute Gasteiger partial charge is 0.394 e. The summed E-state index contributed by atoms with van der Waals surface area (Å²) in [4.78, 5) is 86.6.